The van der Waals surface area contributed by atoms with E-state index in [0.717, 1.165) is 45.3 Å². The molecule has 1 saturated heterocycles. The Kier molecular flexibility index (Phi) is 4.20. The molecule has 0 saturated carbocycles. The van der Waals surface area contributed by atoms with Gasteiger partial charge >= 0.3 is 5.97 Å². The van der Waals surface area contributed by atoms with E-state index in [0.29, 0.717) is 0 Å². The van der Waals surface area contributed by atoms with Crippen LogP contribution < -0.4 is 0 Å². The summed E-state index contributed by atoms with van der Waals surface area (Å²) in [6, 6.07) is 2.09. The summed E-state index contributed by atoms with van der Waals surface area (Å²) >= 11 is 0. The molecule has 2 N–H and O–H groups in total. The molecule has 1 unspecified atom stereocenters. The zero-order valence-electron chi connectivity index (χ0n) is 10.1. The van der Waals surface area contributed by atoms with E-state index in [1.54, 1.807) is 0 Å². The van der Waals surface area contributed by atoms with Crippen LogP contribution in [0.5, 0.6) is 0 Å². The lowest BCUT2D eigenvalue weighted by molar-refractivity contribution is -0.143. The number of nitrogens with one attached hydrogen (secondary N) is 1. The number of aromatic amines is 1. The van der Waals surface area contributed by atoms with Gasteiger partial charge in [-0.1, -0.05) is 0 Å². The van der Waals surface area contributed by atoms with Crippen molar-refractivity contribution in [1.29, 1.82) is 0 Å². The minimum atomic E-state index is -0.639. The number of hydrogen-bond acceptors (Lipinski definition) is 2. The SMILES string of the molecule is O=C(O)C1CCCN(CCCc2cc[nH]c2)C1. The highest BCUT2D eigenvalue weighted by molar-refractivity contribution is 5.70. The van der Waals surface area contributed by atoms with Crippen molar-refractivity contribution in [2.45, 2.75) is 25.7 Å². The van der Waals surface area contributed by atoms with Crippen molar-refractivity contribution in [2.75, 3.05) is 19.6 Å². The second-order valence-corrected chi connectivity index (χ2v) is 4.80. The van der Waals surface area contributed by atoms with E-state index < -0.39 is 5.97 Å². The number of carboxylic acid groups (broad SMARTS) is 1. The fraction of sp³-hybridized carbons (Fsp3) is 0.615. The van der Waals surface area contributed by atoms with Crippen LogP contribution in [-0.4, -0.2) is 40.6 Å². The van der Waals surface area contributed by atoms with Crippen molar-refractivity contribution in [2.24, 2.45) is 5.92 Å². The minimum Gasteiger partial charge on any atom is -0.481 e. The molecular weight excluding hydrogens is 216 g/mol. The summed E-state index contributed by atoms with van der Waals surface area (Å²) in [6.07, 6.45) is 7.99. The molecule has 1 aromatic heterocycles. The standard InChI is InChI=1S/C13H20N2O2/c16-13(17)12-4-2-8-15(10-12)7-1-3-11-5-6-14-9-11/h5-6,9,12,14H,1-4,7-8,10H2,(H,16,17). The molecule has 1 aromatic rings. The van der Waals surface area contributed by atoms with Gasteiger partial charge in [-0.05, 0) is 50.4 Å². The topological polar surface area (TPSA) is 56.3 Å². The first-order valence-corrected chi connectivity index (χ1v) is 6.32. The van der Waals surface area contributed by atoms with Gasteiger partial charge in [-0.2, -0.15) is 0 Å². The molecule has 0 amide bonds. The first-order chi connectivity index (χ1) is 8.25. The van der Waals surface area contributed by atoms with Gasteiger partial charge in [0.15, 0.2) is 0 Å². The number of rotatable bonds is 5. The number of piperidine rings is 1. The highest BCUT2D eigenvalue weighted by atomic mass is 16.4. The van der Waals surface area contributed by atoms with E-state index in [-0.39, 0.29) is 5.92 Å². The molecular formula is C13H20N2O2. The number of nitrogens with zero attached hydrogens (tertiary/aromatic N) is 1. The largest absolute Gasteiger partial charge is 0.481 e. The normalized spacial score (nSPS) is 21.5. The quantitative estimate of drug-likeness (QED) is 0.818. The van der Waals surface area contributed by atoms with Crippen LogP contribution in [-0.2, 0) is 11.2 Å². The number of carboxylic acids is 1. The van der Waals surface area contributed by atoms with Crippen LogP contribution >= 0.6 is 0 Å². The second kappa shape index (κ2) is 5.87. The highest BCUT2D eigenvalue weighted by Gasteiger charge is 2.24. The summed E-state index contributed by atoms with van der Waals surface area (Å²) in [5.74, 6) is -0.795. The summed E-state index contributed by atoms with van der Waals surface area (Å²) in [4.78, 5) is 16.3. The molecule has 0 bridgehead atoms. The van der Waals surface area contributed by atoms with Crippen LogP contribution in [0.4, 0.5) is 0 Å². The first kappa shape index (κ1) is 12.2. The molecule has 0 aliphatic carbocycles. The minimum absolute atomic E-state index is 0.156. The predicted molar refractivity (Wildman–Crippen MR) is 65.9 cm³/mol. The Labute approximate surface area is 102 Å². The number of aryl methyl sites for hydroxylation is 1. The van der Waals surface area contributed by atoms with Crippen LogP contribution in [0.15, 0.2) is 18.5 Å². The molecule has 0 aromatic carbocycles. The summed E-state index contributed by atoms with van der Waals surface area (Å²) < 4.78 is 0. The Morgan fingerprint density at radius 2 is 2.47 bits per heavy atom. The molecule has 94 valence electrons. The third-order valence-electron chi connectivity index (χ3n) is 3.46. The molecule has 0 radical (unpaired) electrons. The van der Waals surface area contributed by atoms with Crippen molar-refractivity contribution in [3.05, 3.63) is 24.0 Å². The van der Waals surface area contributed by atoms with Crippen molar-refractivity contribution < 1.29 is 9.90 Å². The summed E-state index contributed by atoms with van der Waals surface area (Å²) in [6.45, 7) is 2.79. The van der Waals surface area contributed by atoms with Gasteiger partial charge in [0.05, 0.1) is 5.92 Å². The van der Waals surface area contributed by atoms with Crippen LogP contribution in [0.3, 0.4) is 0 Å². The lowest BCUT2D eigenvalue weighted by Gasteiger charge is -2.30. The molecule has 2 heterocycles. The zero-order valence-corrected chi connectivity index (χ0v) is 10.1. The summed E-state index contributed by atoms with van der Waals surface area (Å²) in [7, 11) is 0. The van der Waals surface area contributed by atoms with E-state index in [4.69, 9.17) is 5.11 Å². The third kappa shape index (κ3) is 3.60. The van der Waals surface area contributed by atoms with Crippen LogP contribution in [0, 0.1) is 5.92 Å². The first-order valence-electron chi connectivity index (χ1n) is 6.32. The van der Waals surface area contributed by atoms with Gasteiger partial charge in [0.1, 0.15) is 0 Å². The maximum Gasteiger partial charge on any atom is 0.307 e. The number of H-pyrrole nitrogens is 1. The maximum atomic E-state index is 10.9. The lowest BCUT2D eigenvalue weighted by atomic mass is 9.98. The molecule has 17 heavy (non-hydrogen) atoms. The maximum absolute atomic E-state index is 10.9. The monoisotopic (exact) mass is 236 g/mol. The lowest BCUT2D eigenvalue weighted by Crippen LogP contribution is -2.39. The van der Waals surface area contributed by atoms with Crippen LogP contribution in [0.1, 0.15) is 24.8 Å². The van der Waals surface area contributed by atoms with Gasteiger partial charge in [-0.3, -0.25) is 4.79 Å². The van der Waals surface area contributed by atoms with Gasteiger partial charge in [0, 0.05) is 18.9 Å². The highest BCUT2D eigenvalue weighted by Crippen LogP contribution is 2.17. The van der Waals surface area contributed by atoms with Gasteiger partial charge in [-0.15, -0.1) is 0 Å². The molecule has 1 fully saturated rings. The third-order valence-corrected chi connectivity index (χ3v) is 3.46. The smallest absolute Gasteiger partial charge is 0.307 e. The van der Waals surface area contributed by atoms with Gasteiger partial charge in [-0.25, -0.2) is 0 Å². The fourth-order valence-electron chi connectivity index (χ4n) is 2.48. The van der Waals surface area contributed by atoms with Crippen molar-refractivity contribution in [1.82, 2.24) is 9.88 Å². The fourth-order valence-corrected chi connectivity index (χ4v) is 2.48. The molecule has 1 atom stereocenters. The van der Waals surface area contributed by atoms with Gasteiger partial charge in [0.2, 0.25) is 0 Å². The molecule has 1 aliphatic heterocycles. The van der Waals surface area contributed by atoms with E-state index in [2.05, 4.69) is 16.0 Å². The number of hydrogen-bond donors (Lipinski definition) is 2. The number of carbonyl (C=O) groups is 1. The van der Waals surface area contributed by atoms with E-state index >= 15 is 0 Å². The summed E-state index contributed by atoms with van der Waals surface area (Å²) in [5, 5.41) is 9.00. The number of likely N-dealkylation sites (tertiary alicyclic amines) is 1. The van der Waals surface area contributed by atoms with E-state index in [1.807, 2.05) is 12.4 Å². The van der Waals surface area contributed by atoms with E-state index in [1.165, 1.54) is 5.56 Å². The Morgan fingerprint density at radius 3 is 3.18 bits per heavy atom. The Bertz CT molecular complexity index is 348. The van der Waals surface area contributed by atoms with Crippen molar-refractivity contribution in [3.8, 4) is 0 Å². The van der Waals surface area contributed by atoms with Crippen molar-refractivity contribution in [3.63, 3.8) is 0 Å². The average Bonchev–Trinajstić information content (AvgIpc) is 2.82. The van der Waals surface area contributed by atoms with Crippen molar-refractivity contribution >= 4 is 5.97 Å². The second-order valence-electron chi connectivity index (χ2n) is 4.80. The van der Waals surface area contributed by atoms with Crippen LogP contribution in [0.25, 0.3) is 0 Å². The average molecular weight is 236 g/mol. The molecule has 0 spiro atoms. The summed E-state index contributed by atoms with van der Waals surface area (Å²) in [5.41, 5.74) is 1.33. The molecule has 4 nitrogen and oxygen atoms in total. The zero-order chi connectivity index (χ0) is 12.1. The molecule has 4 heteroatoms. The van der Waals surface area contributed by atoms with Gasteiger partial charge < -0.3 is 15.0 Å². The number of aromatic nitrogens is 1. The molecule has 1 aliphatic rings. The Hall–Kier alpha value is -1.29. The number of aliphatic carboxylic acids is 1. The van der Waals surface area contributed by atoms with Gasteiger partial charge in [0.25, 0.3) is 0 Å². The van der Waals surface area contributed by atoms with Crippen LogP contribution in [0.2, 0.25) is 0 Å². The Morgan fingerprint density at radius 1 is 1.59 bits per heavy atom. The predicted octanol–water partition coefficient (Wildman–Crippen LogP) is 1.74. The Balaban J connectivity index is 1.70. The molecule has 2 rings (SSSR count). The van der Waals surface area contributed by atoms with E-state index in [9.17, 15) is 4.79 Å².